The molecule has 1 saturated heterocycles. The minimum Gasteiger partial charge on any atom is -0.337 e. The number of para-hydroxylation sites is 1. The third-order valence-electron chi connectivity index (χ3n) is 3.32. The van der Waals surface area contributed by atoms with Gasteiger partial charge in [-0.1, -0.05) is 24.3 Å². The molecule has 18 heavy (non-hydrogen) atoms. The number of benzene rings is 1. The Bertz CT molecular complexity index is 591. The third kappa shape index (κ3) is 1.95. The molecular formula is C14H15N3O. The predicted octanol–water partition coefficient (Wildman–Crippen LogP) is 1.29. The number of carbonyl (C=O) groups excluding carboxylic acids is 1. The molecule has 0 aliphatic carbocycles. The van der Waals surface area contributed by atoms with E-state index < -0.39 is 0 Å². The summed E-state index contributed by atoms with van der Waals surface area (Å²) >= 11 is 0. The van der Waals surface area contributed by atoms with Crippen LogP contribution in [-0.2, 0) is 11.3 Å². The topological polar surface area (TPSA) is 59.2 Å². The lowest BCUT2D eigenvalue weighted by Crippen LogP contribution is -2.27. The van der Waals surface area contributed by atoms with Crippen LogP contribution in [0.25, 0.3) is 10.9 Å². The molecule has 2 aromatic rings. The van der Waals surface area contributed by atoms with Gasteiger partial charge >= 0.3 is 0 Å². The summed E-state index contributed by atoms with van der Waals surface area (Å²) < 4.78 is 0. The van der Waals surface area contributed by atoms with Gasteiger partial charge in [0.15, 0.2) is 0 Å². The van der Waals surface area contributed by atoms with Crippen LogP contribution >= 0.6 is 0 Å². The van der Waals surface area contributed by atoms with Crippen molar-refractivity contribution in [1.82, 2.24) is 9.88 Å². The Morgan fingerprint density at radius 2 is 2.17 bits per heavy atom. The van der Waals surface area contributed by atoms with Crippen molar-refractivity contribution >= 4 is 16.8 Å². The molecular weight excluding hydrogens is 226 g/mol. The summed E-state index contributed by atoms with van der Waals surface area (Å²) in [6.45, 7) is 1.24. The molecule has 1 amide bonds. The monoisotopic (exact) mass is 241 g/mol. The second-order valence-electron chi connectivity index (χ2n) is 4.73. The maximum absolute atomic E-state index is 11.8. The smallest absolute Gasteiger partial charge is 0.224 e. The molecule has 0 radical (unpaired) electrons. The molecule has 1 aromatic carbocycles. The van der Waals surface area contributed by atoms with Gasteiger partial charge in [0.05, 0.1) is 5.52 Å². The van der Waals surface area contributed by atoms with Gasteiger partial charge in [0.1, 0.15) is 0 Å². The predicted molar refractivity (Wildman–Crippen MR) is 69.8 cm³/mol. The van der Waals surface area contributed by atoms with Crippen molar-refractivity contribution in [3.05, 3.63) is 42.1 Å². The van der Waals surface area contributed by atoms with E-state index in [0.29, 0.717) is 19.5 Å². The molecule has 0 bridgehead atoms. The minimum atomic E-state index is -0.0274. The van der Waals surface area contributed by atoms with Gasteiger partial charge in [-0.05, 0) is 11.6 Å². The molecule has 2 N–H and O–H groups in total. The van der Waals surface area contributed by atoms with Crippen molar-refractivity contribution in [3.8, 4) is 0 Å². The zero-order valence-corrected chi connectivity index (χ0v) is 10.0. The van der Waals surface area contributed by atoms with E-state index in [1.807, 2.05) is 35.2 Å². The normalized spacial score (nSPS) is 19.7. The Morgan fingerprint density at radius 1 is 1.33 bits per heavy atom. The van der Waals surface area contributed by atoms with Crippen LogP contribution in [0.15, 0.2) is 36.5 Å². The van der Waals surface area contributed by atoms with Crippen LogP contribution in [0.4, 0.5) is 0 Å². The van der Waals surface area contributed by atoms with Gasteiger partial charge in [-0.3, -0.25) is 9.78 Å². The van der Waals surface area contributed by atoms with E-state index >= 15 is 0 Å². The van der Waals surface area contributed by atoms with Crippen molar-refractivity contribution in [1.29, 1.82) is 0 Å². The summed E-state index contributed by atoms with van der Waals surface area (Å²) in [4.78, 5) is 18.0. The first-order chi connectivity index (χ1) is 8.74. The Morgan fingerprint density at radius 3 is 2.94 bits per heavy atom. The average molecular weight is 241 g/mol. The fraction of sp³-hybridized carbons (Fsp3) is 0.286. The van der Waals surface area contributed by atoms with Gasteiger partial charge in [0.25, 0.3) is 0 Å². The summed E-state index contributed by atoms with van der Waals surface area (Å²) in [5.74, 6) is 0.135. The van der Waals surface area contributed by atoms with Gasteiger partial charge in [-0.15, -0.1) is 0 Å². The number of hydrogen-bond donors (Lipinski definition) is 1. The molecule has 1 unspecified atom stereocenters. The van der Waals surface area contributed by atoms with Crippen molar-refractivity contribution in [2.75, 3.05) is 6.54 Å². The average Bonchev–Trinajstić information content (AvgIpc) is 2.68. The summed E-state index contributed by atoms with van der Waals surface area (Å²) in [5, 5.41) is 1.10. The number of hydrogen-bond acceptors (Lipinski definition) is 3. The van der Waals surface area contributed by atoms with E-state index in [1.165, 1.54) is 0 Å². The van der Waals surface area contributed by atoms with Gasteiger partial charge in [0.2, 0.25) is 5.91 Å². The molecule has 0 spiro atoms. The van der Waals surface area contributed by atoms with Gasteiger partial charge in [0, 0.05) is 37.1 Å². The molecule has 1 atom stereocenters. The Balaban J connectivity index is 1.93. The lowest BCUT2D eigenvalue weighted by molar-refractivity contribution is -0.128. The number of carbonyl (C=O) groups is 1. The molecule has 1 aliphatic rings. The number of fused-ring (bicyclic) bond motifs is 1. The minimum absolute atomic E-state index is 0.0274. The van der Waals surface area contributed by atoms with E-state index in [1.54, 1.807) is 6.20 Å². The van der Waals surface area contributed by atoms with Crippen LogP contribution in [0, 0.1) is 0 Å². The standard InChI is InChI=1S/C14H15N3O/c15-12-7-13(18)17(9-12)8-11-4-1-3-10-5-2-6-16-14(10)11/h1-6,12H,7-9,15H2. The summed E-state index contributed by atoms with van der Waals surface area (Å²) in [7, 11) is 0. The lowest BCUT2D eigenvalue weighted by Gasteiger charge is -2.16. The number of aromatic nitrogens is 1. The fourth-order valence-electron chi connectivity index (χ4n) is 2.46. The molecule has 1 aliphatic heterocycles. The zero-order chi connectivity index (χ0) is 12.5. The number of amides is 1. The first-order valence-corrected chi connectivity index (χ1v) is 6.10. The molecule has 4 heteroatoms. The quantitative estimate of drug-likeness (QED) is 0.862. The molecule has 4 nitrogen and oxygen atoms in total. The molecule has 1 aromatic heterocycles. The number of pyridine rings is 1. The molecule has 1 fully saturated rings. The Hall–Kier alpha value is -1.94. The SMILES string of the molecule is NC1CC(=O)N(Cc2cccc3cccnc23)C1. The molecule has 3 rings (SSSR count). The van der Waals surface area contributed by atoms with E-state index in [9.17, 15) is 4.79 Å². The maximum atomic E-state index is 11.8. The Labute approximate surface area is 105 Å². The van der Waals surface area contributed by atoms with Crippen LogP contribution in [0.2, 0.25) is 0 Å². The van der Waals surface area contributed by atoms with Crippen LogP contribution in [-0.4, -0.2) is 28.4 Å². The highest BCUT2D eigenvalue weighted by atomic mass is 16.2. The van der Waals surface area contributed by atoms with Crippen molar-refractivity contribution < 1.29 is 4.79 Å². The highest BCUT2D eigenvalue weighted by Gasteiger charge is 2.27. The van der Waals surface area contributed by atoms with E-state index in [-0.39, 0.29) is 11.9 Å². The molecule has 2 heterocycles. The first-order valence-electron chi connectivity index (χ1n) is 6.10. The Kier molecular flexibility index (Phi) is 2.72. The summed E-state index contributed by atoms with van der Waals surface area (Å²) in [5.41, 5.74) is 7.85. The number of likely N-dealkylation sites (tertiary alicyclic amines) is 1. The first kappa shape index (κ1) is 11.2. The highest BCUT2D eigenvalue weighted by Crippen LogP contribution is 2.20. The maximum Gasteiger partial charge on any atom is 0.224 e. The second kappa shape index (κ2) is 4.38. The van der Waals surface area contributed by atoms with Crippen molar-refractivity contribution in [2.45, 2.75) is 19.0 Å². The van der Waals surface area contributed by atoms with E-state index in [0.717, 1.165) is 16.5 Å². The number of rotatable bonds is 2. The van der Waals surface area contributed by atoms with Gasteiger partial charge in [-0.2, -0.15) is 0 Å². The van der Waals surface area contributed by atoms with E-state index in [2.05, 4.69) is 4.98 Å². The van der Waals surface area contributed by atoms with Crippen LogP contribution in [0.5, 0.6) is 0 Å². The number of nitrogens with two attached hydrogens (primary N) is 1. The van der Waals surface area contributed by atoms with Crippen molar-refractivity contribution in [3.63, 3.8) is 0 Å². The van der Waals surface area contributed by atoms with Crippen LogP contribution < -0.4 is 5.73 Å². The van der Waals surface area contributed by atoms with Crippen LogP contribution in [0.3, 0.4) is 0 Å². The fourth-order valence-corrected chi connectivity index (χ4v) is 2.46. The van der Waals surface area contributed by atoms with Gasteiger partial charge < -0.3 is 10.6 Å². The molecule has 0 saturated carbocycles. The number of nitrogens with zero attached hydrogens (tertiary/aromatic N) is 2. The van der Waals surface area contributed by atoms with E-state index in [4.69, 9.17) is 5.73 Å². The lowest BCUT2D eigenvalue weighted by atomic mass is 10.1. The largest absolute Gasteiger partial charge is 0.337 e. The van der Waals surface area contributed by atoms with Crippen molar-refractivity contribution in [2.24, 2.45) is 5.73 Å². The zero-order valence-electron chi connectivity index (χ0n) is 10.0. The summed E-state index contributed by atoms with van der Waals surface area (Å²) in [6.07, 6.45) is 2.24. The second-order valence-corrected chi connectivity index (χ2v) is 4.73. The third-order valence-corrected chi connectivity index (χ3v) is 3.32. The highest BCUT2D eigenvalue weighted by molar-refractivity contribution is 5.83. The van der Waals surface area contributed by atoms with Crippen LogP contribution in [0.1, 0.15) is 12.0 Å². The summed E-state index contributed by atoms with van der Waals surface area (Å²) in [6, 6.07) is 9.97. The van der Waals surface area contributed by atoms with Gasteiger partial charge in [-0.25, -0.2) is 0 Å². The molecule has 92 valence electrons.